The van der Waals surface area contributed by atoms with Gasteiger partial charge in [0.15, 0.2) is 0 Å². The molecule has 0 bridgehead atoms. The van der Waals surface area contributed by atoms with E-state index in [0.29, 0.717) is 13.2 Å². The molecule has 0 aliphatic rings. The third kappa shape index (κ3) is 5.53. The summed E-state index contributed by atoms with van der Waals surface area (Å²) < 4.78 is 18.3. The Bertz CT molecular complexity index is 482. The van der Waals surface area contributed by atoms with Gasteiger partial charge in [0.25, 0.3) is 0 Å². The van der Waals surface area contributed by atoms with E-state index in [4.69, 9.17) is 4.74 Å². The van der Waals surface area contributed by atoms with E-state index in [1.54, 1.807) is 13.0 Å². The first-order valence-corrected chi connectivity index (χ1v) is 6.22. The number of hydrogen-bond acceptors (Lipinski definition) is 3. The summed E-state index contributed by atoms with van der Waals surface area (Å²) >= 11 is 0. The van der Waals surface area contributed by atoms with Crippen LogP contribution in [-0.2, 0) is 16.1 Å². The van der Waals surface area contributed by atoms with Crippen LogP contribution in [-0.4, -0.2) is 31.6 Å². The average Bonchev–Trinajstić information content (AvgIpc) is 2.27. The predicted molar refractivity (Wildman–Crippen MR) is 80.9 cm³/mol. The highest BCUT2D eigenvalue weighted by Crippen LogP contribution is 2.19. The Balaban J connectivity index is 0.00000361. The first kappa shape index (κ1) is 18.3. The van der Waals surface area contributed by atoms with Crippen LogP contribution in [0.2, 0.25) is 0 Å². The topological polar surface area (TPSA) is 29.5 Å². The molecule has 1 rings (SSSR count). The third-order valence-corrected chi connectivity index (χ3v) is 2.60. The van der Waals surface area contributed by atoms with Crippen LogP contribution in [0.1, 0.15) is 31.0 Å². The smallest absolute Gasteiger partial charge is 0.330 e. The van der Waals surface area contributed by atoms with E-state index in [1.165, 1.54) is 18.2 Å². The number of halogens is 1. The van der Waals surface area contributed by atoms with Crippen LogP contribution in [0.25, 0.3) is 6.08 Å². The molecule has 0 amide bonds. The molecule has 0 saturated heterocycles. The maximum Gasteiger partial charge on any atom is 0.330 e. The number of ether oxygens (including phenoxy) is 1. The Morgan fingerprint density at radius 1 is 1.40 bits per heavy atom. The maximum absolute atomic E-state index is 13.4. The van der Waals surface area contributed by atoms with Crippen molar-refractivity contribution in [1.82, 2.24) is 4.90 Å². The van der Waals surface area contributed by atoms with Crippen molar-refractivity contribution in [2.75, 3.05) is 20.7 Å². The molecule has 4 heteroatoms. The molecule has 0 aliphatic heterocycles. The zero-order valence-corrected chi connectivity index (χ0v) is 11.9. The number of carbonyl (C=O) groups is 1. The molecular formula is C16H24FNO2. The molecule has 0 saturated carbocycles. The van der Waals surface area contributed by atoms with Crippen molar-refractivity contribution in [2.24, 2.45) is 0 Å². The van der Waals surface area contributed by atoms with E-state index in [-0.39, 0.29) is 19.2 Å². The molecule has 0 heterocycles. The van der Waals surface area contributed by atoms with Crippen LogP contribution in [0.4, 0.5) is 4.39 Å². The second-order valence-corrected chi connectivity index (χ2v) is 4.62. The largest absolute Gasteiger partial charge is 0.463 e. The molecular weight excluding hydrogens is 257 g/mol. The van der Waals surface area contributed by atoms with Gasteiger partial charge in [-0.15, -0.1) is 0 Å². The minimum Gasteiger partial charge on any atom is -0.463 e. The summed E-state index contributed by atoms with van der Waals surface area (Å²) in [6.45, 7) is 4.54. The van der Waals surface area contributed by atoms with E-state index in [9.17, 15) is 9.18 Å². The minimum absolute atomic E-state index is 0. The molecule has 3 nitrogen and oxygen atoms in total. The fourth-order valence-electron chi connectivity index (χ4n) is 1.88. The van der Waals surface area contributed by atoms with Crippen molar-refractivity contribution in [3.05, 3.63) is 40.7 Å². The zero-order chi connectivity index (χ0) is 14.4. The molecule has 0 spiro atoms. The second-order valence-electron chi connectivity index (χ2n) is 4.62. The van der Waals surface area contributed by atoms with Gasteiger partial charge in [0.2, 0.25) is 0 Å². The van der Waals surface area contributed by atoms with Gasteiger partial charge in [0.1, 0.15) is 5.82 Å². The highest BCUT2D eigenvalue weighted by molar-refractivity contribution is 5.87. The number of esters is 1. The standard InChI is InChI=1S/C15H20FNO2.CH4/c1-5-19-15(18)7-6-14-11(2)8-13(16)9-12(14)10-17(3)4;/h6-9H,5,10H2,1-4H3;1H4/b7-6+;. The van der Waals surface area contributed by atoms with E-state index >= 15 is 0 Å². The van der Waals surface area contributed by atoms with Gasteiger partial charge in [0.05, 0.1) is 6.61 Å². The van der Waals surface area contributed by atoms with Crippen molar-refractivity contribution in [1.29, 1.82) is 0 Å². The second kappa shape index (κ2) is 8.48. The van der Waals surface area contributed by atoms with Crippen LogP contribution in [0.15, 0.2) is 18.2 Å². The lowest BCUT2D eigenvalue weighted by atomic mass is 10.0. The Morgan fingerprint density at radius 3 is 2.60 bits per heavy atom. The van der Waals surface area contributed by atoms with Crippen molar-refractivity contribution in [3.8, 4) is 0 Å². The minimum atomic E-state index is -0.387. The van der Waals surface area contributed by atoms with Gasteiger partial charge >= 0.3 is 5.97 Å². The van der Waals surface area contributed by atoms with Gasteiger partial charge in [-0.2, -0.15) is 0 Å². The third-order valence-electron chi connectivity index (χ3n) is 2.60. The molecule has 1 aromatic carbocycles. The normalized spacial score (nSPS) is 10.7. The molecule has 20 heavy (non-hydrogen) atoms. The van der Waals surface area contributed by atoms with Crippen LogP contribution < -0.4 is 0 Å². The van der Waals surface area contributed by atoms with Crippen LogP contribution in [0.5, 0.6) is 0 Å². The molecule has 0 fully saturated rings. The molecule has 1 aromatic rings. The van der Waals surface area contributed by atoms with Crippen molar-refractivity contribution in [2.45, 2.75) is 27.8 Å². The molecule has 0 atom stereocenters. The summed E-state index contributed by atoms with van der Waals surface area (Å²) in [7, 11) is 3.83. The lowest BCUT2D eigenvalue weighted by Crippen LogP contribution is -2.12. The first-order valence-electron chi connectivity index (χ1n) is 6.22. The summed E-state index contributed by atoms with van der Waals surface area (Å²) in [6.07, 6.45) is 3.06. The van der Waals surface area contributed by atoms with Gasteiger partial charge in [-0.05, 0) is 62.8 Å². The van der Waals surface area contributed by atoms with Crippen molar-refractivity contribution < 1.29 is 13.9 Å². The van der Waals surface area contributed by atoms with Crippen LogP contribution in [0.3, 0.4) is 0 Å². The summed E-state index contributed by atoms with van der Waals surface area (Å²) in [5.74, 6) is -0.648. The number of rotatable bonds is 5. The first-order chi connectivity index (χ1) is 8.93. The molecule has 112 valence electrons. The van der Waals surface area contributed by atoms with E-state index < -0.39 is 0 Å². The molecule has 0 unspecified atom stereocenters. The number of benzene rings is 1. The van der Waals surface area contributed by atoms with Gasteiger partial charge in [-0.25, -0.2) is 9.18 Å². The quantitative estimate of drug-likeness (QED) is 0.612. The Morgan fingerprint density at radius 2 is 2.05 bits per heavy atom. The van der Waals surface area contributed by atoms with Crippen molar-refractivity contribution in [3.63, 3.8) is 0 Å². The molecule has 0 radical (unpaired) electrons. The Kier molecular flexibility index (Phi) is 7.77. The van der Waals surface area contributed by atoms with Crippen molar-refractivity contribution >= 4 is 12.0 Å². The number of carbonyl (C=O) groups excluding carboxylic acids is 1. The van der Waals surface area contributed by atoms with Crippen LogP contribution in [0, 0.1) is 12.7 Å². The Labute approximate surface area is 121 Å². The molecule has 0 aromatic heterocycles. The fourth-order valence-corrected chi connectivity index (χ4v) is 1.88. The van der Waals surface area contributed by atoms with Gasteiger partial charge in [-0.3, -0.25) is 0 Å². The molecule has 0 aliphatic carbocycles. The number of hydrogen-bond donors (Lipinski definition) is 0. The number of aryl methyl sites for hydroxylation is 1. The van der Waals surface area contributed by atoms with Gasteiger partial charge in [0, 0.05) is 12.6 Å². The summed E-state index contributed by atoms with van der Waals surface area (Å²) in [5.41, 5.74) is 2.52. The predicted octanol–water partition coefficient (Wildman–Crippen LogP) is 3.41. The lowest BCUT2D eigenvalue weighted by Gasteiger charge is -2.14. The SMILES string of the molecule is C.CCOC(=O)/C=C/c1c(C)cc(F)cc1CN(C)C. The monoisotopic (exact) mass is 281 g/mol. The summed E-state index contributed by atoms with van der Waals surface area (Å²) in [4.78, 5) is 13.3. The van der Waals surface area contributed by atoms with Gasteiger partial charge < -0.3 is 9.64 Å². The van der Waals surface area contributed by atoms with Crippen LogP contribution >= 0.6 is 0 Å². The molecule has 0 N–H and O–H groups in total. The van der Waals surface area contributed by atoms with E-state index in [1.807, 2.05) is 25.9 Å². The van der Waals surface area contributed by atoms with Gasteiger partial charge in [-0.1, -0.05) is 7.43 Å². The highest BCUT2D eigenvalue weighted by Gasteiger charge is 2.08. The lowest BCUT2D eigenvalue weighted by molar-refractivity contribution is -0.137. The average molecular weight is 281 g/mol. The fraction of sp³-hybridized carbons (Fsp3) is 0.438. The van der Waals surface area contributed by atoms with E-state index in [2.05, 4.69) is 0 Å². The number of nitrogens with zero attached hydrogens (tertiary/aromatic N) is 1. The maximum atomic E-state index is 13.4. The highest BCUT2D eigenvalue weighted by atomic mass is 19.1. The van der Waals surface area contributed by atoms with E-state index in [0.717, 1.165) is 16.7 Å². The summed E-state index contributed by atoms with van der Waals surface area (Å²) in [6, 6.07) is 2.96. The Hall–Kier alpha value is -1.68. The summed E-state index contributed by atoms with van der Waals surface area (Å²) in [5, 5.41) is 0. The zero-order valence-electron chi connectivity index (χ0n) is 11.9.